The van der Waals surface area contributed by atoms with Gasteiger partial charge in [-0.2, -0.15) is 13.2 Å². The smallest absolute Gasteiger partial charge is 0.383 e. The normalized spacial score (nSPS) is 19.1. The van der Waals surface area contributed by atoms with E-state index in [0.29, 0.717) is 13.0 Å². The number of thioether (sulfide) groups is 1. The molecule has 1 fully saturated rings. The van der Waals surface area contributed by atoms with Crippen LogP contribution < -0.4 is 5.32 Å². The number of hydrogen-bond acceptors (Lipinski definition) is 3. The van der Waals surface area contributed by atoms with E-state index in [-0.39, 0.29) is 22.9 Å². The third kappa shape index (κ3) is 5.97. The maximum absolute atomic E-state index is 12.0. The molecule has 0 spiro atoms. The van der Waals surface area contributed by atoms with Gasteiger partial charge in [0.15, 0.2) is 0 Å². The lowest BCUT2D eigenvalue weighted by Gasteiger charge is -2.42. The SMILES string of the molecule is COCCNCC1(CCSC(F)(F)F)CCC1. The Bertz CT molecular complexity index is 219. The molecule has 0 bridgehead atoms. The molecular formula is C11H20F3NOS. The van der Waals surface area contributed by atoms with Gasteiger partial charge in [-0.3, -0.25) is 0 Å². The maximum atomic E-state index is 12.0. The van der Waals surface area contributed by atoms with Gasteiger partial charge in [-0.15, -0.1) is 0 Å². The molecule has 0 atom stereocenters. The number of hydrogen-bond donors (Lipinski definition) is 1. The van der Waals surface area contributed by atoms with Gasteiger partial charge in [-0.25, -0.2) is 0 Å². The fourth-order valence-corrected chi connectivity index (χ4v) is 2.87. The second kappa shape index (κ2) is 6.85. The molecule has 2 nitrogen and oxygen atoms in total. The Balaban J connectivity index is 2.17. The topological polar surface area (TPSA) is 21.3 Å². The van der Waals surface area contributed by atoms with E-state index in [1.165, 1.54) is 0 Å². The number of ether oxygens (including phenoxy) is 1. The summed E-state index contributed by atoms with van der Waals surface area (Å²) in [6.07, 6.45) is 3.89. The highest BCUT2D eigenvalue weighted by Crippen LogP contribution is 2.45. The standard InChI is InChI=1S/C11H20F3NOS/c1-16-7-6-15-9-10(3-2-4-10)5-8-17-11(12,13)14/h15H,2-9H2,1H3. The number of alkyl halides is 3. The average molecular weight is 271 g/mol. The molecule has 1 rings (SSSR count). The molecule has 0 aromatic rings. The van der Waals surface area contributed by atoms with Crippen LogP contribution >= 0.6 is 11.8 Å². The van der Waals surface area contributed by atoms with Crippen LogP contribution in [-0.2, 0) is 4.74 Å². The van der Waals surface area contributed by atoms with E-state index < -0.39 is 5.51 Å². The van der Waals surface area contributed by atoms with E-state index in [2.05, 4.69) is 5.32 Å². The number of methoxy groups -OCH3 is 1. The third-order valence-corrected chi connectivity index (χ3v) is 4.03. The van der Waals surface area contributed by atoms with E-state index in [4.69, 9.17) is 4.74 Å². The zero-order valence-electron chi connectivity index (χ0n) is 10.1. The molecule has 1 N–H and O–H groups in total. The van der Waals surface area contributed by atoms with Crippen LogP contribution in [0, 0.1) is 5.41 Å². The molecule has 0 aromatic heterocycles. The quantitative estimate of drug-likeness (QED) is 0.686. The van der Waals surface area contributed by atoms with Crippen LogP contribution in [0.5, 0.6) is 0 Å². The van der Waals surface area contributed by atoms with Crippen LogP contribution in [0.2, 0.25) is 0 Å². The molecule has 17 heavy (non-hydrogen) atoms. The molecule has 0 heterocycles. The molecule has 1 aliphatic rings. The van der Waals surface area contributed by atoms with Crippen LogP contribution in [0.3, 0.4) is 0 Å². The molecule has 0 radical (unpaired) electrons. The first-order valence-corrected chi connectivity index (χ1v) is 6.86. The van der Waals surface area contributed by atoms with Crippen molar-refractivity contribution in [3.05, 3.63) is 0 Å². The van der Waals surface area contributed by atoms with Crippen molar-refractivity contribution in [3.8, 4) is 0 Å². The van der Waals surface area contributed by atoms with Crippen molar-refractivity contribution in [2.24, 2.45) is 5.41 Å². The lowest BCUT2D eigenvalue weighted by Crippen LogP contribution is -2.41. The molecule has 102 valence electrons. The minimum absolute atomic E-state index is 0.101. The Labute approximate surface area is 105 Å². The van der Waals surface area contributed by atoms with Gasteiger partial charge in [0.05, 0.1) is 6.61 Å². The van der Waals surface area contributed by atoms with Gasteiger partial charge in [0, 0.05) is 26.0 Å². The first kappa shape index (κ1) is 15.1. The van der Waals surface area contributed by atoms with Gasteiger partial charge in [0.2, 0.25) is 0 Å². The van der Waals surface area contributed by atoms with Crippen molar-refractivity contribution in [1.29, 1.82) is 0 Å². The summed E-state index contributed by atoms with van der Waals surface area (Å²) in [4.78, 5) is 0. The first-order chi connectivity index (χ1) is 7.97. The van der Waals surface area contributed by atoms with Crippen molar-refractivity contribution < 1.29 is 17.9 Å². The Kier molecular flexibility index (Phi) is 6.09. The third-order valence-electron chi connectivity index (χ3n) is 3.30. The predicted octanol–water partition coefficient (Wildman–Crippen LogP) is 3.04. The van der Waals surface area contributed by atoms with Gasteiger partial charge in [-0.1, -0.05) is 18.2 Å². The summed E-state index contributed by atoms with van der Waals surface area (Å²) in [6.45, 7) is 2.23. The largest absolute Gasteiger partial charge is 0.441 e. The predicted molar refractivity (Wildman–Crippen MR) is 64.2 cm³/mol. The molecule has 0 aliphatic heterocycles. The van der Waals surface area contributed by atoms with E-state index in [0.717, 1.165) is 32.4 Å². The summed E-state index contributed by atoms with van der Waals surface area (Å²) in [6, 6.07) is 0. The van der Waals surface area contributed by atoms with Crippen LogP contribution in [0.25, 0.3) is 0 Å². The molecule has 6 heteroatoms. The Morgan fingerprint density at radius 1 is 1.35 bits per heavy atom. The minimum atomic E-state index is -4.09. The zero-order chi connectivity index (χ0) is 12.8. The lowest BCUT2D eigenvalue weighted by atomic mass is 9.67. The first-order valence-electron chi connectivity index (χ1n) is 5.88. The highest BCUT2D eigenvalue weighted by molar-refractivity contribution is 8.00. The highest BCUT2D eigenvalue weighted by atomic mass is 32.2. The summed E-state index contributed by atoms with van der Waals surface area (Å²) >= 11 is 0.101. The van der Waals surface area contributed by atoms with Crippen LogP contribution in [0.4, 0.5) is 13.2 Å². The van der Waals surface area contributed by atoms with Crippen molar-refractivity contribution in [2.45, 2.75) is 31.2 Å². The van der Waals surface area contributed by atoms with E-state index in [1.807, 2.05) is 0 Å². The van der Waals surface area contributed by atoms with Gasteiger partial charge < -0.3 is 10.1 Å². The molecule has 0 unspecified atom stereocenters. The Morgan fingerprint density at radius 3 is 2.53 bits per heavy atom. The Hall–Kier alpha value is 0.0600. The Morgan fingerprint density at radius 2 is 2.06 bits per heavy atom. The van der Waals surface area contributed by atoms with Crippen molar-refractivity contribution in [3.63, 3.8) is 0 Å². The summed E-state index contributed by atoms with van der Waals surface area (Å²) in [5, 5.41) is 3.26. The summed E-state index contributed by atoms with van der Waals surface area (Å²) in [5.74, 6) is 0.176. The van der Waals surface area contributed by atoms with Gasteiger partial charge in [-0.05, 0) is 24.7 Å². The van der Waals surface area contributed by atoms with E-state index in [9.17, 15) is 13.2 Å². The molecule has 1 aliphatic carbocycles. The van der Waals surface area contributed by atoms with Crippen molar-refractivity contribution >= 4 is 11.8 Å². The molecule has 0 amide bonds. The number of nitrogens with one attached hydrogen (secondary N) is 1. The maximum Gasteiger partial charge on any atom is 0.441 e. The molecular weight excluding hydrogens is 251 g/mol. The fourth-order valence-electron chi connectivity index (χ4n) is 2.10. The number of rotatable bonds is 8. The van der Waals surface area contributed by atoms with Gasteiger partial charge >= 0.3 is 5.51 Å². The second-order valence-electron chi connectivity index (χ2n) is 4.57. The molecule has 0 saturated heterocycles. The molecule has 1 saturated carbocycles. The zero-order valence-corrected chi connectivity index (χ0v) is 10.9. The monoisotopic (exact) mass is 271 g/mol. The average Bonchev–Trinajstić information content (AvgIpc) is 2.17. The number of halogens is 3. The summed E-state index contributed by atoms with van der Waals surface area (Å²) in [7, 11) is 1.64. The van der Waals surface area contributed by atoms with E-state index in [1.54, 1.807) is 7.11 Å². The van der Waals surface area contributed by atoms with Crippen molar-refractivity contribution in [1.82, 2.24) is 5.32 Å². The minimum Gasteiger partial charge on any atom is -0.383 e. The molecule has 0 aromatic carbocycles. The van der Waals surface area contributed by atoms with E-state index >= 15 is 0 Å². The lowest BCUT2D eigenvalue weighted by molar-refractivity contribution is -0.0330. The van der Waals surface area contributed by atoms with Crippen LogP contribution in [0.1, 0.15) is 25.7 Å². The summed E-state index contributed by atoms with van der Waals surface area (Å²) < 4.78 is 41.0. The van der Waals surface area contributed by atoms with Gasteiger partial charge in [0.1, 0.15) is 0 Å². The summed E-state index contributed by atoms with van der Waals surface area (Å²) in [5.41, 5.74) is -3.99. The van der Waals surface area contributed by atoms with Crippen LogP contribution in [-0.4, -0.2) is 38.1 Å². The highest BCUT2D eigenvalue weighted by Gasteiger charge is 2.37. The fraction of sp³-hybridized carbons (Fsp3) is 1.00. The van der Waals surface area contributed by atoms with Crippen LogP contribution in [0.15, 0.2) is 0 Å². The van der Waals surface area contributed by atoms with Gasteiger partial charge in [0.25, 0.3) is 0 Å². The van der Waals surface area contributed by atoms with Crippen molar-refractivity contribution in [2.75, 3.05) is 32.6 Å². The second-order valence-corrected chi connectivity index (χ2v) is 5.73.